The summed E-state index contributed by atoms with van der Waals surface area (Å²) >= 11 is 0. The highest BCUT2D eigenvalue weighted by Crippen LogP contribution is 2.18. The third-order valence-corrected chi connectivity index (χ3v) is 4.98. The van der Waals surface area contributed by atoms with E-state index in [4.69, 9.17) is 4.74 Å². The van der Waals surface area contributed by atoms with E-state index in [9.17, 15) is 4.39 Å². The van der Waals surface area contributed by atoms with Crippen LogP contribution in [-0.2, 0) is 18.0 Å². The van der Waals surface area contributed by atoms with Crippen LogP contribution in [0.25, 0.3) is 11.4 Å². The molecule has 0 spiro atoms. The monoisotopic (exact) mass is 309 g/mol. The summed E-state index contributed by atoms with van der Waals surface area (Å²) in [6.07, 6.45) is 3.79. The summed E-state index contributed by atoms with van der Waals surface area (Å²) in [7, 11) is -1.05. The summed E-state index contributed by atoms with van der Waals surface area (Å²) in [6.45, 7) is 8.25. The predicted molar refractivity (Wildman–Crippen MR) is 85.7 cm³/mol. The van der Waals surface area contributed by atoms with Crippen LogP contribution in [0.4, 0.5) is 4.39 Å². The van der Waals surface area contributed by atoms with Gasteiger partial charge in [-0.2, -0.15) is 5.10 Å². The Hall–Kier alpha value is -1.40. The first-order chi connectivity index (χ1) is 9.99. The van der Waals surface area contributed by atoms with Crippen molar-refractivity contribution in [1.29, 1.82) is 0 Å². The number of alkyl halides is 1. The van der Waals surface area contributed by atoms with Gasteiger partial charge in [-0.25, -0.2) is 4.39 Å². The molecule has 0 saturated heterocycles. The number of rotatable bonds is 8. The molecule has 0 aliphatic carbocycles. The Balaban J connectivity index is 1.94. The molecule has 2 heterocycles. The zero-order valence-corrected chi connectivity index (χ0v) is 14.1. The smallest absolute Gasteiger partial charge is 0.122 e. The minimum atomic E-state index is -1.05. The molecule has 0 radical (unpaired) electrons. The summed E-state index contributed by atoms with van der Waals surface area (Å²) in [5.74, 6) is 0. The van der Waals surface area contributed by atoms with E-state index >= 15 is 0 Å². The van der Waals surface area contributed by atoms with Crippen LogP contribution in [0.5, 0.6) is 0 Å². The number of nitrogens with zero attached hydrogens (tertiary/aromatic N) is 3. The van der Waals surface area contributed by atoms with Crippen LogP contribution in [0.1, 0.15) is 0 Å². The van der Waals surface area contributed by atoms with Crippen LogP contribution < -0.4 is 0 Å². The van der Waals surface area contributed by atoms with Crippen molar-refractivity contribution < 1.29 is 9.13 Å². The SMILES string of the molecule is C[Si](C)(C)CCOCn1cccc1-c1ccn(CCF)n1. The highest BCUT2D eigenvalue weighted by atomic mass is 28.3. The van der Waals surface area contributed by atoms with Gasteiger partial charge in [0.25, 0.3) is 0 Å². The topological polar surface area (TPSA) is 32.0 Å². The predicted octanol–water partition coefficient (Wildman–Crippen LogP) is 3.63. The van der Waals surface area contributed by atoms with Crippen molar-refractivity contribution in [3.8, 4) is 11.4 Å². The Kier molecular flexibility index (Phi) is 5.36. The molecule has 21 heavy (non-hydrogen) atoms. The van der Waals surface area contributed by atoms with Gasteiger partial charge in [-0.1, -0.05) is 19.6 Å². The maximum Gasteiger partial charge on any atom is 0.122 e. The molecule has 2 aromatic heterocycles. The molecule has 0 atom stereocenters. The van der Waals surface area contributed by atoms with Gasteiger partial charge < -0.3 is 9.30 Å². The van der Waals surface area contributed by atoms with E-state index in [0.717, 1.165) is 24.0 Å². The Bertz CT molecular complexity index is 559. The molecule has 0 aliphatic rings. The first kappa shape index (κ1) is 16.0. The number of hydrogen-bond donors (Lipinski definition) is 0. The fourth-order valence-corrected chi connectivity index (χ4v) is 2.77. The fourth-order valence-electron chi connectivity index (χ4n) is 2.01. The van der Waals surface area contributed by atoms with Gasteiger partial charge in [0.2, 0.25) is 0 Å². The average Bonchev–Trinajstić information content (AvgIpc) is 3.02. The maximum absolute atomic E-state index is 12.3. The van der Waals surface area contributed by atoms with Gasteiger partial charge in [-0.3, -0.25) is 4.68 Å². The van der Waals surface area contributed by atoms with Crippen molar-refractivity contribution in [2.75, 3.05) is 13.3 Å². The zero-order valence-electron chi connectivity index (χ0n) is 13.1. The van der Waals surface area contributed by atoms with Gasteiger partial charge in [-0.15, -0.1) is 0 Å². The van der Waals surface area contributed by atoms with E-state index in [2.05, 4.69) is 24.7 Å². The second-order valence-electron chi connectivity index (χ2n) is 6.36. The van der Waals surface area contributed by atoms with Gasteiger partial charge >= 0.3 is 0 Å². The maximum atomic E-state index is 12.3. The van der Waals surface area contributed by atoms with Gasteiger partial charge in [0.1, 0.15) is 19.1 Å². The molecular weight excluding hydrogens is 285 g/mol. The van der Waals surface area contributed by atoms with Crippen LogP contribution in [0.2, 0.25) is 25.7 Å². The second-order valence-corrected chi connectivity index (χ2v) is 12.0. The molecule has 0 N–H and O–H groups in total. The van der Waals surface area contributed by atoms with Crippen LogP contribution in [-0.4, -0.2) is 35.7 Å². The summed E-state index contributed by atoms with van der Waals surface area (Å²) in [5.41, 5.74) is 1.85. The molecule has 0 bridgehead atoms. The van der Waals surface area contributed by atoms with Gasteiger partial charge in [0.05, 0.1) is 12.2 Å². The fraction of sp³-hybridized carbons (Fsp3) is 0.533. The van der Waals surface area contributed by atoms with Crippen molar-refractivity contribution >= 4 is 8.07 Å². The van der Waals surface area contributed by atoms with E-state index in [1.165, 1.54) is 0 Å². The first-order valence-electron chi connectivity index (χ1n) is 7.32. The number of ether oxygens (including phenoxy) is 1. The van der Waals surface area contributed by atoms with E-state index in [1.807, 2.05) is 29.0 Å². The Morgan fingerprint density at radius 2 is 2.05 bits per heavy atom. The van der Waals surface area contributed by atoms with Crippen molar-refractivity contribution in [3.63, 3.8) is 0 Å². The molecule has 0 saturated carbocycles. The van der Waals surface area contributed by atoms with Crippen molar-refractivity contribution in [2.24, 2.45) is 0 Å². The molecule has 6 heteroatoms. The molecule has 4 nitrogen and oxygen atoms in total. The molecule has 2 rings (SSSR count). The standard InChI is InChI=1S/C15H24FN3OSi/c1-21(2,3)12-11-20-13-18-8-4-5-15(18)14-6-9-19(17-14)10-7-16/h4-6,8-9H,7,10-13H2,1-3H3. The van der Waals surface area contributed by atoms with Gasteiger partial charge in [0.15, 0.2) is 0 Å². The highest BCUT2D eigenvalue weighted by molar-refractivity contribution is 6.76. The lowest BCUT2D eigenvalue weighted by Crippen LogP contribution is -2.22. The summed E-state index contributed by atoms with van der Waals surface area (Å²) in [4.78, 5) is 0. The van der Waals surface area contributed by atoms with E-state index in [0.29, 0.717) is 13.3 Å². The van der Waals surface area contributed by atoms with Crippen LogP contribution in [0, 0.1) is 0 Å². The van der Waals surface area contributed by atoms with E-state index in [-0.39, 0.29) is 0 Å². The Labute approximate surface area is 126 Å². The summed E-state index contributed by atoms with van der Waals surface area (Å²) in [5, 5.41) is 4.38. The quantitative estimate of drug-likeness (QED) is 0.551. The van der Waals surface area contributed by atoms with E-state index < -0.39 is 14.7 Å². The normalized spacial score (nSPS) is 12.0. The molecule has 0 unspecified atom stereocenters. The molecule has 0 amide bonds. The van der Waals surface area contributed by atoms with Gasteiger partial charge in [-0.05, 0) is 24.2 Å². The lowest BCUT2D eigenvalue weighted by Gasteiger charge is -2.16. The van der Waals surface area contributed by atoms with Crippen molar-refractivity contribution in [1.82, 2.24) is 14.3 Å². The minimum absolute atomic E-state index is 0.299. The van der Waals surface area contributed by atoms with Crippen LogP contribution in [0.15, 0.2) is 30.6 Å². The number of aromatic nitrogens is 3. The Morgan fingerprint density at radius 1 is 1.24 bits per heavy atom. The lowest BCUT2D eigenvalue weighted by atomic mass is 10.3. The van der Waals surface area contributed by atoms with E-state index in [1.54, 1.807) is 10.9 Å². The molecule has 0 aromatic carbocycles. The molecule has 0 fully saturated rings. The number of halogens is 1. The highest BCUT2D eigenvalue weighted by Gasteiger charge is 2.12. The van der Waals surface area contributed by atoms with Crippen molar-refractivity contribution in [3.05, 3.63) is 30.6 Å². The number of hydrogen-bond acceptors (Lipinski definition) is 2. The van der Waals surface area contributed by atoms with Gasteiger partial charge in [0, 0.05) is 27.1 Å². The summed E-state index contributed by atoms with van der Waals surface area (Å²) < 4.78 is 21.8. The molecular formula is C15H24FN3OSi. The zero-order chi connectivity index (χ0) is 15.3. The third-order valence-electron chi connectivity index (χ3n) is 3.27. The van der Waals surface area contributed by atoms with Crippen LogP contribution in [0.3, 0.4) is 0 Å². The minimum Gasteiger partial charge on any atom is -0.361 e. The average molecular weight is 309 g/mol. The molecule has 0 aliphatic heterocycles. The van der Waals surface area contributed by atoms with Crippen LogP contribution >= 0.6 is 0 Å². The lowest BCUT2D eigenvalue weighted by molar-refractivity contribution is 0.0885. The number of aryl methyl sites for hydroxylation is 1. The second kappa shape index (κ2) is 7.04. The largest absolute Gasteiger partial charge is 0.361 e. The molecule has 2 aromatic rings. The first-order valence-corrected chi connectivity index (χ1v) is 11.0. The summed E-state index contributed by atoms with van der Waals surface area (Å²) in [6, 6.07) is 7.05. The van der Waals surface area contributed by atoms with Crippen molar-refractivity contribution in [2.45, 2.75) is 39.0 Å². The molecule has 116 valence electrons. The Morgan fingerprint density at radius 3 is 2.76 bits per heavy atom. The third kappa shape index (κ3) is 4.82.